The highest BCUT2D eigenvalue weighted by atomic mass is 16.2. The SMILES string of the molecule is CCCC1NC(=O)C(C)N(C(C)c2ccc(C)cc2)C1=O. The first-order chi connectivity index (χ1) is 9.95. The summed E-state index contributed by atoms with van der Waals surface area (Å²) in [5, 5.41) is 2.83. The monoisotopic (exact) mass is 288 g/mol. The minimum Gasteiger partial charge on any atom is -0.343 e. The van der Waals surface area contributed by atoms with Crippen molar-refractivity contribution in [2.45, 2.75) is 58.7 Å². The van der Waals surface area contributed by atoms with Crippen molar-refractivity contribution in [3.8, 4) is 0 Å². The van der Waals surface area contributed by atoms with Crippen LogP contribution in [0.4, 0.5) is 0 Å². The van der Waals surface area contributed by atoms with E-state index in [1.54, 1.807) is 11.8 Å². The second-order valence-corrected chi connectivity index (χ2v) is 5.86. The molecule has 2 rings (SSSR count). The fraction of sp³-hybridized carbons (Fsp3) is 0.529. The van der Waals surface area contributed by atoms with Gasteiger partial charge in [0.25, 0.3) is 0 Å². The number of hydrogen-bond donors (Lipinski definition) is 1. The first-order valence-electron chi connectivity index (χ1n) is 7.64. The van der Waals surface area contributed by atoms with E-state index < -0.39 is 6.04 Å². The van der Waals surface area contributed by atoms with Gasteiger partial charge in [0.1, 0.15) is 12.1 Å². The fourth-order valence-corrected chi connectivity index (χ4v) is 2.87. The third-order valence-electron chi connectivity index (χ3n) is 4.22. The summed E-state index contributed by atoms with van der Waals surface area (Å²) in [5.41, 5.74) is 2.25. The van der Waals surface area contributed by atoms with E-state index in [4.69, 9.17) is 0 Å². The number of piperazine rings is 1. The van der Waals surface area contributed by atoms with Crippen LogP contribution in [-0.2, 0) is 9.59 Å². The Morgan fingerprint density at radius 3 is 2.43 bits per heavy atom. The Bertz CT molecular complexity index is 524. The van der Waals surface area contributed by atoms with Gasteiger partial charge < -0.3 is 10.2 Å². The zero-order chi connectivity index (χ0) is 15.6. The van der Waals surface area contributed by atoms with Crippen LogP contribution < -0.4 is 5.32 Å². The molecule has 1 saturated heterocycles. The quantitative estimate of drug-likeness (QED) is 0.925. The predicted molar refractivity (Wildman–Crippen MR) is 82.7 cm³/mol. The summed E-state index contributed by atoms with van der Waals surface area (Å²) < 4.78 is 0. The van der Waals surface area contributed by atoms with Crippen molar-refractivity contribution in [1.29, 1.82) is 0 Å². The van der Waals surface area contributed by atoms with Gasteiger partial charge in [0.15, 0.2) is 0 Å². The predicted octanol–water partition coefficient (Wildman–Crippen LogP) is 2.57. The Morgan fingerprint density at radius 2 is 1.86 bits per heavy atom. The van der Waals surface area contributed by atoms with E-state index in [0.717, 1.165) is 12.0 Å². The number of nitrogens with one attached hydrogen (secondary N) is 1. The van der Waals surface area contributed by atoms with E-state index >= 15 is 0 Å². The first-order valence-corrected chi connectivity index (χ1v) is 7.64. The van der Waals surface area contributed by atoms with Crippen molar-refractivity contribution in [3.63, 3.8) is 0 Å². The van der Waals surface area contributed by atoms with Crippen molar-refractivity contribution in [2.75, 3.05) is 0 Å². The molecule has 1 aromatic carbocycles. The maximum absolute atomic E-state index is 12.7. The van der Waals surface area contributed by atoms with Crippen LogP contribution in [0.1, 0.15) is 50.8 Å². The Hall–Kier alpha value is -1.84. The Balaban J connectivity index is 2.27. The number of nitrogens with zero attached hydrogens (tertiary/aromatic N) is 1. The molecule has 21 heavy (non-hydrogen) atoms. The summed E-state index contributed by atoms with van der Waals surface area (Å²) in [6.07, 6.45) is 1.56. The molecule has 0 radical (unpaired) electrons. The van der Waals surface area contributed by atoms with Crippen molar-refractivity contribution >= 4 is 11.8 Å². The highest BCUT2D eigenvalue weighted by Gasteiger charge is 2.40. The molecule has 0 saturated carbocycles. The van der Waals surface area contributed by atoms with Gasteiger partial charge >= 0.3 is 0 Å². The number of rotatable bonds is 4. The molecular weight excluding hydrogens is 264 g/mol. The maximum Gasteiger partial charge on any atom is 0.246 e. The topological polar surface area (TPSA) is 49.4 Å². The number of carbonyl (C=O) groups excluding carboxylic acids is 2. The summed E-state index contributed by atoms with van der Waals surface area (Å²) >= 11 is 0. The first kappa shape index (κ1) is 15.5. The van der Waals surface area contributed by atoms with E-state index in [1.807, 2.05) is 45.0 Å². The van der Waals surface area contributed by atoms with Crippen molar-refractivity contribution in [2.24, 2.45) is 0 Å². The summed E-state index contributed by atoms with van der Waals surface area (Å²) in [5.74, 6) is -0.0379. The average Bonchev–Trinajstić information content (AvgIpc) is 2.46. The lowest BCUT2D eigenvalue weighted by atomic mass is 9.98. The van der Waals surface area contributed by atoms with Gasteiger partial charge in [-0.1, -0.05) is 43.2 Å². The molecule has 1 heterocycles. The Labute approximate surface area is 126 Å². The van der Waals surface area contributed by atoms with Crippen LogP contribution in [0.5, 0.6) is 0 Å². The van der Waals surface area contributed by atoms with E-state index in [0.29, 0.717) is 6.42 Å². The normalized spacial score (nSPS) is 23.9. The zero-order valence-corrected chi connectivity index (χ0v) is 13.2. The molecule has 3 atom stereocenters. The lowest BCUT2D eigenvalue weighted by Crippen LogP contribution is -2.62. The van der Waals surface area contributed by atoms with Crippen LogP contribution in [0.25, 0.3) is 0 Å². The zero-order valence-electron chi connectivity index (χ0n) is 13.2. The smallest absolute Gasteiger partial charge is 0.246 e. The number of hydrogen-bond acceptors (Lipinski definition) is 2. The molecule has 1 N–H and O–H groups in total. The molecule has 3 unspecified atom stereocenters. The third-order valence-corrected chi connectivity index (χ3v) is 4.22. The molecule has 1 aliphatic rings. The maximum atomic E-state index is 12.7. The van der Waals surface area contributed by atoms with Gasteiger partial charge in [0, 0.05) is 0 Å². The van der Waals surface area contributed by atoms with Gasteiger partial charge in [0.2, 0.25) is 11.8 Å². The van der Waals surface area contributed by atoms with Crippen LogP contribution in [0, 0.1) is 6.92 Å². The van der Waals surface area contributed by atoms with E-state index in [2.05, 4.69) is 5.32 Å². The molecule has 2 amide bonds. The number of benzene rings is 1. The minimum atomic E-state index is -0.429. The number of aryl methyl sites for hydroxylation is 1. The van der Waals surface area contributed by atoms with E-state index in [1.165, 1.54) is 5.56 Å². The second kappa shape index (κ2) is 6.29. The largest absolute Gasteiger partial charge is 0.343 e. The van der Waals surface area contributed by atoms with Crippen molar-refractivity contribution in [3.05, 3.63) is 35.4 Å². The fourth-order valence-electron chi connectivity index (χ4n) is 2.87. The molecule has 1 fully saturated rings. The third kappa shape index (κ3) is 3.09. The van der Waals surface area contributed by atoms with Gasteiger partial charge in [0.05, 0.1) is 6.04 Å². The highest BCUT2D eigenvalue weighted by molar-refractivity contribution is 5.96. The average molecular weight is 288 g/mol. The summed E-state index contributed by atoms with van der Waals surface area (Å²) in [7, 11) is 0. The Kier molecular flexibility index (Phi) is 4.66. The molecule has 1 aliphatic heterocycles. The Morgan fingerprint density at radius 1 is 1.24 bits per heavy atom. The molecule has 1 aromatic rings. The molecule has 114 valence electrons. The van der Waals surface area contributed by atoms with Gasteiger partial charge in [-0.2, -0.15) is 0 Å². The van der Waals surface area contributed by atoms with Gasteiger partial charge in [-0.05, 0) is 32.8 Å². The van der Waals surface area contributed by atoms with Gasteiger partial charge in [-0.25, -0.2) is 0 Å². The van der Waals surface area contributed by atoms with Crippen LogP contribution in [0.2, 0.25) is 0 Å². The number of carbonyl (C=O) groups is 2. The molecule has 4 heteroatoms. The highest BCUT2D eigenvalue weighted by Crippen LogP contribution is 2.26. The molecular formula is C17H24N2O2. The van der Waals surface area contributed by atoms with Crippen LogP contribution in [-0.4, -0.2) is 28.8 Å². The van der Waals surface area contributed by atoms with Crippen molar-refractivity contribution < 1.29 is 9.59 Å². The molecule has 0 aromatic heterocycles. The van der Waals surface area contributed by atoms with E-state index in [9.17, 15) is 9.59 Å². The van der Waals surface area contributed by atoms with Gasteiger partial charge in [-0.15, -0.1) is 0 Å². The van der Waals surface area contributed by atoms with Crippen molar-refractivity contribution in [1.82, 2.24) is 10.2 Å². The summed E-state index contributed by atoms with van der Waals surface area (Å²) in [6, 6.07) is 7.22. The van der Waals surface area contributed by atoms with Crippen LogP contribution in [0.3, 0.4) is 0 Å². The van der Waals surface area contributed by atoms with Crippen LogP contribution >= 0.6 is 0 Å². The second-order valence-electron chi connectivity index (χ2n) is 5.86. The molecule has 0 spiro atoms. The lowest BCUT2D eigenvalue weighted by Gasteiger charge is -2.41. The summed E-state index contributed by atoms with van der Waals surface area (Å²) in [4.78, 5) is 26.5. The molecule has 0 bridgehead atoms. The lowest BCUT2D eigenvalue weighted by molar-refractivity contribution is -0.151. The van der Waals surface area contributed by atoms with Gasteiger partial charge in [-0.3, -0.25) is 9.59 Å². The number of amides is 2. The van der Waals surface area contributed by atoms with E-state index in [-0.39, 0.29) is 23.9 Å². The standard InChI is InChI=1S/C17H24N2O2/c1-5-6-15-17(21)19(13(4)16(20)18-15)12(3)14-9-7-11(2)8-10-14/h7-10,12-13,15H,5-6H2,1-4H3,(H,18,20). The summed E-state index contributed by atoms with van der Waals surface area (Å²) in [6.45, 7) is 7.83. The minimum absolute atomic E-state index is 0.0250. The van der Waals surface area contributed by atoms with Crippen LogP contribution in [0.15, 0.2) is 24.3 Å². The molecule has 4 nitrogen and oxygen atoms in total. The molecule has 0 aliphatic carbocycles.